The number of phosphoric ester groups is 1. The van der Waals surface area contributed by atoms with Crippen molar-refractivity contribution in [3.63, 3.8) is 0 Å². The molecule has 0 aliphatic carbocycles. The molecular formula is C35H64NO10P. The zero-order valence-corrected chi connectivity index (χ0v) is 30.0. The molecule has 0 rings (SSSR count). The molecule has 0 saturated carbocycles. The molecule has 0 aliphatic rings. The topological polar surface area (TPSA) is 172 Å². The first-order chi connectivity index (χ1) is 22.6. The van der Waals surface area contributed by atoms with Crippen molar-refractivity contribution in [2.75, 3.05) is 19.8 Å². The van der Waals surface area contributed by atoms with Gasteiger partial charge in [0.25, 0.3) is 0 Å². The van der Waals surface area contributed by atoms with Crippen LogP contribution in [-0.4, -0.2) is 59.9 Å². The Hall–Kier alpha value is -2.04. The quantitative estimate of drug-likeness (QED) is 0.0262. The number of carboxylic acid groups (broad SMARTS) is 1. The SMILES string of the molecule is CCC/C=C\C/C=C\CCCCCCCC(=O)OC(COC(=O)CCCCCCCCCCCC)COP(=O)(O)OCC(N)C(=O)O. The Kier molecular flexibility index (Phi) is 29.9. The summed E-state index contributed by atoms with van der Waals surface area (Å²) in [6, 6.07) is -1.52. The molecule has 0 amide bonds. The summed E-state index contributed by atoms with van der Waals surface area (Å²) in [6.45, 7) is 2.68. The predicted molar refractivity (Wildman–Crippen MR) is 185 cm³/mol. The Bertz CT molecular complexity index is 911. The van der Waals surface area contributed by atoms with Crippen molar-refractivity contribution in [3.8, 4) is 0 Å². The lowest BCUT2D eigenvalue weighted by molar-refractivity contribution is -0.161. The molecule has 0 bridgehead atoms. The highest BCUT2D eigenvalue weighted by Crippen LogP contribution is 2.43. The van der Waals surface area contributed by atoms with Gasteiger partial charge in [0.1, 0.15) is 12.6 Å². The fraction of sp³-hybridized carbons (Fsp3) is 0.800. The predicted octanol–water partition coefficient (Wildman–Crippen LogP) is 8.33. The number of unbranched alkanes of at least 4 members (excludes halogenated alkanes) is 15. The third-order valence-corrected chi connectivity index (χ3v) is 8.38. The molecule has 3 unspecified atom stereocenters. The number of hydrogen-bond acceptors (Lipinski definition) is 9. The van der Waals surface area contributed by atoms with Crippen LogP contribution in [0.25, 0.3) is 0 Å². The number of ether oxygens (including phenoxy) is 2. The average molecular weight is 690 g/mol. The van der Waals surface area contributed by atoms with Gasteiger partial charge in [0.15, 0.2) is 6.10 Å². The van der Waals surface area contributed by atoms with Gasteiger partial charge in [-0.3, -0.25) is 23.4 Å². The molecule has 0 heterocycles. The van der Waals surface area contributed by atoms with Gasteiger partial charge in [-0.2, -0.15) is 0 Å². The smallest absolute Gasteiger partial charge is 0.472 e. The zero-order valence-electron chi connectivity index (χ0n) is 29.1. The van der Waals surface area contributed by atoms with E-state index in [1.165, 1.54) is 38.5 Å². The molecule has 0 spiro atoms. The van der Waals surface area contributed by atoms with Crippen LogP contribution in [0.15, 0.2) is 24.3 Å². The lowest BCUT2D eigenvalue weighted by Crippen LogP contribution is -2.34. The van der Waals surface area contributed by atoms with Gasteiger partial charge in [-0.25, -0.2) is 4.57 Å². The molecule has 3 atom stereocenters. The van der Waals surface area contributed by atoms with E-state index in [9.17, 15) is 23.8 Å². The lowest BCUT2D eigenvalue weighted by atomic mass is 10.1. The molecule has 0 radical (unpaired) electrons. The van der Waals surface area contributed by atoms with Gasteiger partial charge < -0.3 is 25.2 Å². The van der Waals surface area contributed by atoms with Gasteiger partial charge in [0.2, 0.25) is 0 Å². The molecule has 11 nitrogen and oxygen atoms in total. The van der Waals surface area contributed by atoms with Gasteiger partial charge in [-0.1, -0.05) is 122 Å². The van der Waals surface area contributed by atoms with E-state index >= 15 is 0 Å². The lowest BCUT2D eigenvalue weighted by Gasteiger charge is -2.20. The van der Waals surface area contributed by atoms with E-state index in [1.54, 1.807) is 0 Å². The summed E-state index contributed by atoms with van der Waals surface area (Å²) >= 11 is 0. The van der Waals surface area contributed by atoms with Gasteiger partial charge >= 0.3 is 25.7 Å². The van der Waals surface area contributed by atoms with Gasteiger partial charge in [0.05, 0.1) is 13.2 Å². The Morgan fingerprint density at radius 2 is 1.17 bits per heavy atom. The summed E-state index contributed by atoms with van der Waals surface area (Å²) in [4.78, 5) is 45.6. The van der Waals surface area contributed by atoms with Crippen molar-refractivity contribution >= 4 is 25.7 Å². The number of hydrogen-bond donors (Lipinski definition) is 3. The van der Waals surface area contributed by atoms with Crippen LogP contribution in [0, 0.1) is 0 Å². The number of phosphoric acid groups is 1. The van der Waals surface area contributed by atoms with Crippen LogP contribution in [0.3, 0.4) is 0 Å². The van der Waals surface area contributed by atoms with E-state index in [-0.39, 0.29) is 19.4 Å². The summed E-state index contributed by atoms with van der Waals surface area (Å²) in [7, 11) is -4.70. The number of carbonyl (C=O) groups excluding carboxylic acids is 2. The Balaban J connectivity index is 4.50. The maximum absolute atomic E-state index is 12.5. The monoisotopic (exact) mass is 689 g/mol. The Morgan fingerprint density at radius 3 is 1.74 bits per heavy atom. The summed E-state index contributed by atoms with van der Waals surface area (Å²) in [5.74, 6) is -2.40. The number of rotatable bonds is 33. The fourth-order valence-electron chi connectivity index (χ4n) is 4.57. The highest BCUT2D eigenvalue weighted by molar-refractivity contribution is 7.47. The van der Waals surface area contributed by atoms with E-state index < -0.39 is 51.1 Å². The highest BCUT2D eigenvalue weighted by atomic mass is 31.2. The van der Waals surface area contributed by atoms with Crippen LogP contribution in [0.2, 0.25) is 0 Å². The first-order valence-electron chi connectivity index (χ1n) is 17.9. The second-order valence-corrected chi connectivity index (χ2v) is 13.5. The summed E-state index contributed by atoms with van der Waals surface area (Å²) in [5.41, 5.74) is 5.30. The number of allylic oxidation sites excluding steroid dienone is 4. The van der Waals surface area contributed by atoms with Crippen LogP contribution in [0.4, 0.5) is 0 Å². The summed E-state index contributed by atoms with van der Waals surface area (Å²) in [6.07, 6.45) is 28.3. The van der Waals surface area contributed by atoms with E-state index in [2.05, 4.69) is 42.7 Å². The van der Waals surface area contributed by atoms with Crippen LogP contribution < -0.4 is 5.73 Å². The number of carboxylic acids is 1. The average Bonchev–Trinajstić information content (AvgIpc) is 3.04. The van der Waals surface area contributed by atoms with Crippen molar-refractivity contribution < 1.29 is 47.5 Å². The fourth-order valence-corrected chi connectivity index (χ4v) is 5.35. The van der Waals surface area contributed by atoms with Crippen LogP contribution in [-0.2, 0) is 37.5 Å². The number of esters is 2. The molecule has 274 valence electrons. The Labute approximate surface area is 283 Å². The summed E-state index contributed by atoms with van der Waals surface area (Å²) < 4.78 is 32.4. The first kappa shape index (κ1) is 45.0. The molecule has 0 saturated heterocycles. The van der Waals surface area contributed by atoms with Crippen molar-refractivity contribution in [2.45, 2.75) is 161 Å². The van der Waals surface area contributed by atoms with Gasteiger partial charge in [-0.05, 0) is 38.5 Å². The molecule has 12 heteroatoms. The summed E-state index contributed by atoms with van der Waals surface area (Å²) in [5, 5.41) is 8.83. The third-order valence-electron chi connectivity index (χ3n) is 7.43. The molecule has 0 fully saturated rings. The van der Waals surface area contributed by atoms with E-state index in [1.807, 2.05) is 0 Å². The van der Waals surface area contributed by atoms with Gasteiger partial charge in [0, 0.05) is 12.8 Å². The third kappa shape index (κ3) is 31.0. The molecular weight excluding hydrogens is 625 g/mol. The maximum Gasteiger partial charge on any atom is 0.472 e. The normalized spacial score (nSPS) is 14.3. The second kappa shape index (κ2) is 31.2. The highest BCUT2D eigenvalue weighted by Gasteiger charge is 2.28. The Morgan fingerprint density at radius 1 is 0.660 bits per heavy atom. The van der Waals surface area contributed by atoms with E-state index in [0.29, 0.717) is 12.8 Å². The number of nitrogens with two attached hydrogens (primary N) is 1. The first-order valence-corrected chi connectivity index (χ1v) is 19.4. The van der Waals surface area contributed by atoms with Crippen molar-refractivity contribution in [2.24, 2.45) is 5.73 Å². The molecule has 47 heavy (non-hydrogen) atoms. The van der Waals surface area contributed by atoms with Crippen LogP contribution in [0.5, 0.6) is 0 Å². The van der Waals surface area contributed by atoms with Crippen LogP contribution in [0.1, 0.15) is 149 Å². The minimum atomic E-state index is -4.70. The molecule has 0 aromatic carbocycles. The maximum atomic E-state index is 12.5. The second-order valence-electron chi connectivity index (χ2n) is 12.0. The minimum Gasteiger partial charge on any atom is -0.480 e. The minimum absolute atomic E-state index is 0.147. The molecule has 0 aromatic rings. The van der Waals surface area contributed by atoms with Crippen molar-refractivity contribution in [1.82, 2.24) is 0 Å². The van der Waals surface area contributed by atoms with E-state index in [4.69, 9.17) is 24.8 Å². The van der Waals surface area contributed by atoms with Crippen molar-refractivity contribution in [3.05, 3.63) is 24.3 Å². The number of carbonyl (C=O) groups is 3. The van der Waals surface area contributed by atoms with Gasteiger partial charge in [-0.15, -0.1) is 0 Å². The standard InChI is InChI=1S/C35H64NO10P/c1-3-5-7-9-11-13-15-16-17-19-21-23-25-27-34(38)46-31(29-44-47(41,42)45-30-32(36)35(39)40)28-43-33(37)26-24-22-20-18-14-12-10-8-6-4-2/h7,9,13,15,31-32H,3-6,8,10-12,14,16-30,36H2,1-2H3,(H,39,40)(H,41,42)/b9-7-,15-13-. The van der Waals surface area contributed by atoms with E-state index in [0.717, 1.165) is 70.6 Å². The molecule has 4 N–H and O–H groups in total. The molecule has 0 aromatic heterocycles. The van der Waals surface area contributed by atoms with Crippen molar-refractivity contribution in [1.29, 1.82) is 0 Å². The zero-order chi connectivity index (χ0) is 35.0. The van der Waals surface area contributed by atoms with Crippen LogP contribution >= 0.6 is 7.82 Å². The largest absolute Gasteiger partial charge is 0.480 e. The number of aliphatic carboxylic acids is 1. The molecule has 0 aliphatic heterocycles.